The van der Waals surface area contributed by atoms with Crippen molar-refractivity contribution in [1.29, 1.82) is 0 Å². The highest BCUT2D eigenvalue weighted by molar-refractivity contribution is 5.81. The fourth-order valence-corrected chi connectivity index (χ4v) is 2.52. The number of carbonyl (C=O) groups excluding carboxylic acids is 1. The van der Waals surface area contributed by atoms with Crippen LogP contribution in [-0.4, -0.2) is 38.7 Å². The molecule has 0 radical (unpaired) electrons. The van der Waals surface area contributed by atoms with Crippen LogP contribution in [0, 0.1) is 0 Å². The number of carbonyl (C=O) groups is 2. The van der Waals surface area contributed by atoms with Gasteiger partial charge in [0.25, 0.3) is 0 Å². The lowest BCUT2D eigenvalue weighted by atomic mass is 10.1. The number of amides is 1. The number of pyridine rings is 1. The van der Waals surface area contributed by atoms with Crippen LogP contribution in [0.4, 0.5) is 4.79 Å². The van der Waals surface area contributed by atoms with E-state index in [0.29, 0.717) is 12.8 Å². The van der Waals surface area contributed by atoms with Gasteiger partial charge < -0.3 is 9.84 Å². The summed E-state index contributed by atoms with van der Waals surface area (Å²) in [6.07, 6.45) is 3.70. The van der Waals surface area contributed by atoms with Crippen molar-refractivity contribution in [3.63, 3.8) is 0 Å². The van der Waals surface area contributed by atoms with Crippen LogP contribution < -0.4 is 0 Å². The normalized spacial score (nSPS) is 22.1. The van der Waals surface area contributed by atoms with Gasteiger partial charge in [-0.1, -0.05) is 6.07 Å². The van der Waals surface area contributed by atoms with Crippen LogP contribution in [0.25, 0.3) is 0 Å². The minimum atomic E-state index is -1.01. The average Bonchev–Trinajstić information content (AvgIpc) is 2.82. The van der Waals surface area contributed by atoms with Crippen molar-refractivity contribution in [1.82, 2.24) is 9.88 Å². The predicted molar refractivity (Wildman–Crippen MR) is 75.7 cm³/mol. The molecule has 0 aliphatic carbocycles. The minimum Gasteiger partial charge on any atom is -0.480 e. The molecule has 1 fully saturated rings. The number of ether oxygens (including phenoxy) is 1. The molecule has 0 saturated carbocycles. The molecule has 1 aliphatic rings. The molecule has 1 saturated heterocycles. The Kier molecular flexibility index (Phi) is 4.16. The first-order valence-corrected chi connectivity index (χ1v) is 6.93. The lowest BCUT2D eigenvalue weighted by molar-refractivity contribution is -0.142. The molecule has 1 N–H and O–H groups in total. The Morgan fingerprint density at radius 1 is 1.38 bits per heavy atom. The molecule has 21 heavy (non-hydrogen) atoms. The number of aromatic nitrogens is 1. The van der Waals surface area contributed by atoms with Crippen molar-refractivity contribution in [3.8, 4) is 0 Å². The summed E-state index contributed by atoms with van der Waals surface area (Å²) in [5.41, 5.74) is 0.162. The second-order valence-corrected chi connectivity index (χ2v) is 6.12. The minimum absolute atomic E-state index is 0.311. The first-order chi connectivity index (χ1) is 9.79. The number of carboxylic acids is 1. The zero-order chi connectivity index (χ0) is 15.6. The van der Waals surface area contributed by atoms with Gasteiger partial charge in [0.15, 0.2) is 0 Å². The summed E-state index contributed by atoms with van der Waals surface area (Å²) >= 11 is 0. The van der Waals surface area contributed by atoms with E-state index in [9.17, 15) is 14.7 Å². The molecular weight excluding hydrogens is 272 g/mol. The van der Waals surface area contributed by atoms with E-state index in [-0.39, 0.29) is 6.04 Å². The summed E-state index contributed by atoms with van der Waals surface area (Å²) in [4.78, 5) is 29.1. The van der Waals surface area contributed by atoms with Crippen LogP contribution >= 0.6 is 0 Å². The van der Waals surface area contributed by atoms with Gasteiger partial charge >= 0.3 is 12.1 Å². The number of hydrogen-bond donors (Lipinski definition) is 1. The quantitative estimate of drug-likeness (QED) is 0.906. The fourth-order valence-electron chi connectivity index (χ4n) is 2.52. The van der Waals surface area contributed by atoms with Crippen molar-refractivity contribution in [3.05, 3.63) is 30.1 Å². The first kappa shape index (κ1) is 15.3. The van der Waals surface area contributed by atoms with Crippen LogP contribution in [-0.2, 0) is 9.53 Å². The van der Waals surface area contributed by atoms with Crippen LogP contribution in [0.3, 0.4) is 0 Å². The van der Waals surface area contributed by atoms with Crippen LogP contribution in [0.5, 0.6) is 0 Å². The predicted octanol–water partition coefficient (Wildman–Crippen LogP) is 2.61. The zero-order valence-electron chi connectivity index (χ0n) is 12.4. The lowest BCUT2D eigenvalue weighted by Gasteiger charge is -2.31. The molecule has 2 heterocycles. The van der Waals surface area contributed by atoms with E-state index in [1.165, 1.54) is 4.90 Å². The molecule has 2 rings (SSSR count). The van der Waals surface area contributed by atoms with Crippen LogP contribution in [0.2, 0.25) is 0 Å². The van der Waals surface area contributed by atoms with Crippen molar-refractivity contribution in [2.75, 3.05) is 0 Å². The second kappa shape index (κ2) is 5.71. The average molecular weight is 292 g/mol. The second-order valence-electron chi connectivity index (χ2n) is 6.12. The Hall–Kier alpha value is -2.11. The molecule has 2 atom stereocenters. The van der Waals surface area contributed by atoms with E-state index in [2.05, 4.69) is 4.98 Å². The summed E-state index contributed by atoms with van der Waals surface area (Å²) in [5, 5.41) is 9.33. The lowest BCUT2D eigenvalue weighted by Crippen LogP contribution is -2.44. The van der Waals surface area contributed by atoms with Crippen molar-refractivity contribution in [2.24, 2.45) is 0 Å². The van der Waals surface area contributed by atoms with Gasteiger partial charge in [0, 0.05) is 12.4 Å². The van der Waals surface area contributed by atoms with Crippen LogP contribution in [0.15, 0.2) is 24.5 Å². The summed E-state index contributed by atoms with van der Waals surface area (Å²) in [7, 11) is 0. The number of nitrogens with zero attached hydrogens (tertiary/aromatic N) is 2. The summed E-state index contributed by atoms with van der Waals surface area (Å²) in [6.45, 7) is 5.28. The zero-order valence-corrected chi connectivity index (χ0v) is 12.4. The summed E-state index contributed by atoms with van der Waals surface area (Å²) in [5.74, 6) is -1.01. The smallest absolute Gasteiger partial charge is 0.411 e. The Morgan fingerprint density at radius 3 is 2.62 bits per heavy atom. The van der Waals surface area contributed by atoms with E-state index >= 15 is 0 Å². The molecule has 0 unspecified atom stereocenters. The summed E-state index contributed by atoms with van der Waals surface area (Å²) < 4.78 is 5.36. The van der Waals surface area contributed by atoms with Crippen molar-refractivity contribution in [2.45, 2.75) is 51.3 Å². The molecular formula is C15H20N2O4. The Labute approximate surface area is 123 Å². The van der Waals surface area contributed by atoms with Gasteiger partial charge in [-0.2, -0.15) is 0 Å². The highest BCUT2D eigenvalue weighted by atomic mass is 16.6. The standard InChI is InChI=1S/C15H20N2O4/c1-15(2,3)21-14(20)17-11(6-7-12(17)13(18)19)10-5-4-8-16-9-10/h4-5,8-9,11-12H,6-7H2,1-3H3,(H,18,19)/t11-,12+/m1/s1. The number of hydrogen-bond acceptors (Lipinski definition) is 4. The largest absolute Gasteiger partial charge is 0.480 e. The van der Waals surface area contributed by atoms with Gasteiger partial charge in [-0.15, -0.1) is 0 Å². The highest BCUT2D eigenvalue weighted by Crippen LogP contribution is 2.37. The fraction of sp³-hybridized carbons (Fsp3) is 0.533. The van der Waals surface area contributed by atoms with E-state index < -0.39 is 23.7 Å². The molecule has 114 valence electrons. The van der Waals surface area contributed by atoms with E-state index in [0.717, 1.165) is 5.56 Å². The molecule has 1 amide bonds. The van der Waals surface area contributed by atoms with E-state index in [4.69, 9.17) is 4.74 Å². The maximum Gasteiger partial charge on any atom is 0.411 e. The van der Waals surface area contributed by atoms with Crippen molar-refractivity contribution >= 4 is 12.1 Å². The number of rotatable bonds is 2. The van der Waals surface area contributed by atoms with Gasteiger partial charge in [0.05, 0.1) is 6.04 Å². The number of likely N-dealkylation sites (tertiary alicyclic amines) is 1. The molecule has 1 aromatic heterocycles. The van der Waals surface area contributed by atoms with Crippen LogP contribution in [0.1, 0.15) is 45.2 Å². The Bertz CT molecular complexity index is 524. The topological polar surface area (TPSA) is 79.7 Å². The molecule has 0 aromatic carbocycles. The SMILES string of the molecule is CC(C)(C)OC(=O)N1[C@@H](c2cccnc2)CC[C@H]1C(=O)O. The molecule has 1 aliphatic heterocycles. The van der Waals surface area contributed by atoms with Gasteiger partial charge in [0.2, 0.25) is 0 Å². The maximum atomic E-state index is 12.4. The Morgan fingerprint density at radius 2 is 2.10 bits per heavy atom. The summed E-state index contributed by atoms with van der Waals surface area (Å²) in [6, 6.07) is 2.45. The number of carboxylic acid groups (broad SMARTS) is 1. The Balaban J connectivity index is 2.29. The molecule has 1 aromatic rings. The van der Waals surface area contributed by atoms with Crippen molar-refractivity contribution < 1.29 is 19.4 Å². The molecule has 0 spiro atoms. The third kappa shape index (κ3) is 3.51. The monoisotopic (exact) mass is 292 g/mol. The third-order valence-corrected chi connectivity index (χ3v) is 3.34. The molecule has 0 bridgehead atoms. The first-order valence-electron chi connectivity index (χ1n) is 6.93. The van der Waals surface area contributed by atoms with E-state index in [1.807, 2.05) is 6.07 Å². The van der Waals surface area contributed by atoms with E-state index in [1.54, 1.807) is 39.2 Å². The van der Waals surface area contributed by atoms with Gasteiger partial charge in [0.1, 0.15) is 11.6 Å². The molecule has 6 heteroatoms. The van der Waals surface area contributed by atoms with Gasteiger partial charge in [-0.05, 0) is 45.2 Å². The maximum absolute atomic E-state index is 12.4. The molecule has 6 nitrogen and oxygen atoms in total. The van der Waals surface area contributed by atoms with Gasteiger partial charge in [-0.3, -0.25) is 9.88 Å². The third-order valence-electron chi connectivity index (χ3n) is 3.34. The number of aliphatic carboxylic acids is 1. The highest BCUT2D eigenvalue weighted by Gasteiger charge is 2.43. The van der Waals surface area contributed by atoms with Gasteiger partial charge in [-0.25, -0.2) is 9.59 Å².